The van der Waals surface area contributed by atoms with Crippen molar-refractivity contribution < 1.29 is 14.7 Å². The van der Waals surface area contributed by atoms with Crippen molar-refractivity contribution in [1.82, 2.24) is 5.32 Å². The molecule has 0 rings (SSSR count). The predicted octanol–water partition coefficient (Wildman–Crippen LogP) is 0.483. The highest BCUT2D eigenvalue weighted by Crippen LogP contribution is 1.99. The van der Waals surface area contributed by atoms with Gasteiger partial charge in [0, 0.05) is 24.9 Å². The van der Waals surface area contributed by atoms with E-state index in [1.807, 2.05) is 6.92 Å². The van der Waals surface area contributed by atoms with Gasteiger partial charge in [0.2, 0.25) is 5.91 Å². The van der Waals surface area contributed by atoms with E-state index in [9.17, 15) is 9.59 Å². The van der Waals surface area contributed by atoms with Gasteiger partial charge in [-0.15, -0.1) is 0 Å². The number of rotatable bonds is 7. The van der Waals surface area contributed by atoms with Crippen molar-refractivity contribution in [3.8, 4) is 0 Å². The molecule has 88 valence electrons. The maximum Gasteiger partial charge on any atom is 0.303 e. The summed E-state index contributed by atoms with van der Waals surface area (Å²) in [5.41, 5.74) is 5.51. The summed E-state index contributed by atoms with van der Waals surface area (Å²) in [6.07, 6.45) is 1.58. The average Bonchev–Trinajstić information content (AvgIpc) is 2.11. The third-order valence-corrected chi connectivity index (χ3v) is 2.03. The summed E-state index contributed by atoms with van der Waals surface area (Å²) in [5.74, 6) is -0.906. The van der Waals surface area contributed by atoms with Gasteiger partial charge in [-0.25, -0.2) is 0 Å². The second-order valence-electron chi connectivity index (χ2n) is 3.92. The molecule has 0 heterocycles. The van der Waals surface area contributed by atoms with E-state index in [2.05, 4.69) is 5.32 Å². The summed E-state index contributed by atoms with van der Waals surface area (Å²) >= 11 is 0. The molecule has 5 nitrogen and oxygen atoms in total. The van der Waals surface area contributed by atoms with Gasteiger partial charge in [-0.3, -0.25) is 9.59 Å². The SMILES string of the molecule is CC(N)CCC(=O)NC(C)CCC(=O)O. The number of hydrogen-bond acceptors (Lipinski definition) is 3. The third kappa shape index (κ3) is 9.21. The van der Waals surface area contributed by atoms with E-state index in [1.165, 1.54) is 0 Å². The number of carbonyl (C=O) groups excluding carboxylic acids is 1. The topological polar surface area (TPSA) is 92.4 Å². The molecule has 0 aromatic carbocycles. The highest BCUT2D eigenvalue weighted by atomic mass is 16.4. The Balaban J connectivity index is 3.62. The van der Waals surface area contributed by atoms with Gasteiger partial charge >= 0.3 is 5.97 Å². The zero-order chi connectivity index (χ0) is 11.8. The van der Waals surface area contributed by atoms with Gasteiger partial charge in [0.05, 0.1) is 0 Å². The van der Waals surface area contributed by atoms with Gasteiger partial charge < -0.3 is 16.2 Å². The Bertz CT molecular complexity index is 217. The molecule has 2 atom stereocenters. The Morgan fingerprint density at radius 3 is 2.33 bits per heavy atom. The first-order valence-corrected chi connectivity index (χ1v) is 5.18. The first-order valence-electron chi connectivity index (χ1n) is 5.18. The summed E-state index contributed by atoms with van der Waals surface area (Å²) in [6, 6.07) is -0.0771. The number of carbonyl (C=O) groups is 2. The van der Waals surface area contributed by atoms with E-state index in [-0.39, 0.29) is 24.4 Å². The fourth-order valence-corrected chi connectivity index (χ4v) is 1.12. The first kappa shape index (κ1) is 13.9. The molecule has 15 heavy (non-hydrogen) atoms. The Hall–Kier alpha value is -1.10. The zero-order valence-corrected chi connectivity index (χ0v) is 9.32. The zero-order valence-electron chi connectivity index (χ0n) is 9.32. The molecule has 0 aromatic heterocycles. The number of aliphatic carboxylic acids is 1. The van der Waals surface area contributed by atoms with E-state index in [4.69, 9.17) is 10.8 Å². The normalized spacial score (nSPS) is 14.3. The third-order valence-electron chi connectivity index (χ3n) is 2.03. The van der Waals surface area contributed by atoms with Crippen LogP contribution in [0.2, 0.25) is 0 Å². The second kappa shape index (κ2) is 7.23. The van der Waals surface area contributed by atoms with Gasteiger partial charge in [0.25, 0.3) is 0 Å². The summed E-state index contributed by atoms with van der Waals surface area (Å²) in [7, 11) is 0. The molecule has 0 radical (unpaired) electrons. The van der Waals surface area contributed by atoms with Crippen molar-refractivity contribution in [3.63, 3.8) is 0 Å². The Morgan fingerprint density at radius 2 is 1.87 bits per heavy atom. The van der Waals surface area contributed by atoms with Crippen LogP contribution in [0.5, 0.6) is 0 Å². The van der Waals surface area contributed by atoms with E-state index in [0.29, 0.717) is 19.3 Å². The molecule has 5 heteroatoms. The molecule has 0 aliphatic carbocycles. The monoisotopic (exact) mass is 216 g/mol. The second-order valence-corrected chi connectivity index (χ2v) is 3.92. The highest BCUT2D eigenvalue weighted by Gasteiger charge is 2.09. The molecule has 0 saturated heterocycles. The fourth-order valence-electron chi connectivity index (χ4n) is 1.12. The molecular formula is C10H20N2O3. The van der Waals surface area contributed by atoms with E-state index in [0.717, 1.165) is 0 Å². The van der Waals surface area contributed by atoms with Crippen molar-refractivity contribution in [2.45, 2.75) is 51.6 Å². The molecule has 2 unspecified atom stereocenters. The predicted molar refractivity (Wildman–Crippen MR) is 57.4 cm³/mol. The van der Waals surface area contributed by atoms with Crippen LogP contribution in [0, 0.1) is 0 Å². The maximum absolute atomic E-state index is 11.3. The quantitative estimate of drug-likeness (QED) is 0.577. The molecule has 1 amide bonds. The van der Waals surface area contributed by atoms with E-state index < -0.39 is 5.97 Å². The standard InChI is InChI=1S/C10H20N2O3/c1-7(11)3-5-9(13)12-8(2)4-6-10(14)15/h7-8H,3-6,11H2,1-2H3,(H,12,13)(H,14,15). The molecule has 0 saturated carbocycles. The van der Waals surface area contributed by atoms with Crippen molar-refractivity contribution in [2.75, 3.05) is 0 Å². The van der Waals surface area contributed by atoms with Crippen LogP contribution in [0.3, 0.4) is 0 Å². The lowest BCUT2D eigenvalue weighted by Gasteiger charge is -2.13. The Morgan fingerprint density at radius 1 is 1.27 bits per heavy atom. The number of nitrogens with two attached hydrogens (primary N) is 1. The molecule has 4 N–H and O–H groups in total. The summed E-state index contributed by atoms with van der Waals surface area (Å²) in [5, 5.41) is 11.2. The van der Waals surface area contributed by atoms with Crippen LogP contribution < -0.4 is 11.1 Å². The van der Waals surface area contributed by atoms with Crippen molar-refractivity contribution in [3.05, 3.63) is 0 Å². The van der Waals surface area contributed by atoms with Crippen LogP contribution in [0.4, 0.5) is 0 Å². The largest absolute Gasteiger partial charge is 0.481 e. The smallest absolute Gasteiger partial charge is 0.303 e. The summed E-state index contributed by atoms with van der Waals surface area (Å²) < 4.78 is 0. The minimum absolute atomic E-state index is 0.0186. The Labute approximate surface area is 90.0 Å². The summed E-state index contributed by atoms with van der Waals surface area (Å²) in [4.78, 5) is 21.6. The van der Waals surface area contributed by atoms with Crippen LogP contribution in [0.15, 0.2) is 0 Å². The molecule has 0 fully saturated rings. The molecular weight excluding hydrogens is 196 g/mol. The van der Waals surface area contributed by atoms with Gasteiger partial charge in [-0.1, -0.05) is 0 Å². The molecule has 0 aliphatic rings. The fraction of sp³-hybridized carbons (Fsp3) is 0.800. The number of amides is 1. The molecule has 0 spiro atoms. The van der Waals surface area contributed by atoms with Gasteiger partial charge in [-0.05, 0) is 26.7 Å². The van der Waals surface area contributed by atoms with E-state index >= 15 is 0 Å². The highest BCUT2D eigenvalue weighted by molar-refractivity contribution is 5.76. The van der Waals surface area contributed by atoms with Crippen LogP contribution in [0.1, 0.15) is 39.5 Å². The first-order chi connectivity index (χ1) is 6.91. The number of carboxylic acid groups (broad SMARTS) is 1. The van der Waals surface area contributed by atoms with Gasteiger partial charge in [0.1, 0.15) is 0 Å². The Kier molecular flexibility index (Phi) is 6.70. The van der Waals surface area contributed by atoms with Crippen molar-refractivity contribution >= 4 is 11.9 Å². The van der Waals surface area contributed by atoms with E-state index in [1.54, 1.807) is 6.92 Å². The molecule has 0 bridgehead atoms. The average molecular weight is 216 g/mol. The van der Waals surface area contributed by atoms with Crippen LogP contribution in [-0.4, -0.2) is 29.1 Å². The van der Waals surface area contributed by atoms with Crippen LogP contribution >= 0.6 is 0 Å². The maximum atomic E-state index is 11.3. The lowest BCUT2D eigenvalue weighted by atomic mass is 10.1. The number of carboxylic acids is 1. The van der Waals surface area contributed by atoms with Gasteiger partial charge in [-0.2, -0.15) is 0 Å². The van der Waals surface area contributed by atoms with Crippen LogP contribution in [-0.2, 0) is 9.59 Å². The van der Waals surface area contributed by atoms with Crippen molar-refractivity contribution in [1.29, 1.82) is 0 Å². The van der Waals surface area contributed by atoms with Crippen molar-refractivity contribution in [2.24, 2.45) is 5.73 Å². The van der Waals surface area contributed by atoms with Gasteiger partial charge in [0.15, 0.2) is 0 Å². The number of nitrogens with one attached hydrogen (secondary N) is 1. The lowest BCUT2D eigenvalue weighted by molar-refractivity contribution is -0.137. The van der Waals surface area contributed by atoms with Crippen LogP contribution in [0.25, 0.3) is 0 Å². The number of hydrogen-bond donors (Lipinski definition) is 3. The molecule has 0 aliphatic heterocycles. The minimum atomic E-state index is -0.841. The summed E-state index contributed by atoms with van der Waals surface area (Å²) in [6.45, 7) is 3.65. The lowest BCUT2D eigenvalue weighted by Crippen LogP contribution is -2.33. The molecule has 0 aromatic rings. The minimum Gasteiger partial charge on any atom is -0.481 e.